The second kappa shape index (κ2) is 6.15. The fourth-order valence-electron chi connectivity index (χ4n) is 1.79. The first-order valence-electron chi connectivity index (χ1n) is 5.96. The number of nitrogens with zero attached hydrogens (tertiary/aromatic N) is 1. The molecule has 0 fully saturated rings. The number of benzene rings is 2. The van der Waals surface area contributed by atoms with Gasteiger partial charge in [0.05, 0.1) is 17.2 Å². The monoisotopic (exact) mass is 351 g/mol. The van der Waals surface area contributed by atoms with Gasteiger partial charge in [-0.2, -0.15) is 18.4 Å². The number of halogens is 4. The lowest BCUT2D eigenvalue weighted by atomic mass is 10.0. The van der Waals surface area contributed by atoms with E-state index < -0.39 is 11.7 Å². The molecule has 0 spiro atoms. The minimum Gasteiger partial charge on any atom is -0.192 e. The SMILES string of the molecule is N#Cc1cc(C(F)(F)F)cc(Br)c1C=Cc1ccccc1. The summed E-state index contributed by atoms with van der Waals surface area (Å²) in [5.74, 6) is 0. The molecule has 0 atom stereocenters. The Kier molecular flexibility index (Phi) is 4.49. The van der Waals surface area contributed by atoms with E-state index in [4.69, 9.17) is 5.26 Å². The first-order chi connectivity index (χ1) is 9.91. The number of rotatable bonds is 2. The molecule has 1 nitrogen and oxygen atoms in total. The van der Waals surface area contributed by atoms with Crippen LogP contribution >= 0.6 is 15.9 Å². The van der Waals surface area contributed by atoms with Crippen LogP contribution in [-0.2, 0) is 6.18 Å². The van der Waals surface area contributed by atoms with Gasteiger partial charge in [-0.1, -0.05) is 58.4 Å². The van der Waals surface area contributed by atoms with E-state index in [9.17, 15) is 13.2 Å². The summed E-state index contributed by atoms with van der Waals surface area (Å²) in [7, 11) is 0. The standard InChI is InChI=1S/C16H9BrF3N/c17-15-9-13(16(18,19)20)8-12(10-21)14(15)7-6-11-4-2-1-3-5-11/h1-9H. The summed E-state index contributed by atoms with van der Waals surface area (Å²) in [5, 5.41) is 9.06. The van der Waals surface area contributed by atoms with Crippen molar-refractivity contribution in [3.05, 3.63) is 69.2 Å². The van der Waals surface area contributed by atoms with Crippen LogP contribution in [0.1, 0.15) is 22.3 Å². The smallest absolute Gasteiger partial charge is 0.192 e. The number of hydrogen-bond donors (Lipinski definition) is 0. The van der Waals surface area contributed by atoms with Gasteiger partial charge in [0.2, 0.25) is 0 Å². The summed E-state index contributed by atoms with van der Waals surface area (Å²) in [6.45, 7) is 0. The van der Waals surface area contributed by atoms with Gasteiger partial charge in [-0.25, -0.2) is 0 Å². The molecule has 0 aliphatic carbocycles. The van der Waals surface area contributed by atoms with Gasteiger partial charge in [-0.15, -0.1) is 0 Å². The topological polar surface area (TPSA) is 23.8 Å². The Balaban J connectivity index is 2.46. The van der Waals surface area contributed by atoms with Crippen LogP contribution in [-0.4, -0.2) is 0 Å². The maximum atomic E-state index is 12.7. The highest BCUT2D eigenvalue weighted by Crippen LogP contribution is 2.34. The van der Waals surface area contributed by atoms with Crippen molar-refractivity contribution in [1.29, 1.82) is 5.26 Å². The van der Waals surface area contributed by atoms with E-state index in [-0.39, 0.29) is 10.0 Å². The highest BCUT2D eigenvalue weighted by atomic mass is 79.9. The van der Waals surface area contributed by atoms with Gasteiger partial charge in [0.25, 0.3) is 0 Å². The minimum atomic E-state index is -4.48. The zero-order chi connectivity index (χ0) is 15.5. The fourth-order valence-corrected chi connectivity index (χ4v) is 2.38. The number of nitriles is 1. The molecular weight excluding hydrogens is 343 g/mol. The Bertz CT molecular complexity index is 713. The first-order valence-corrected chi connectivity index (χ1v) is 6.75. The summed E-state index contributed by atoms with van der Waals surface area (Å²) in [5.41, 5.74) is 0.453. The van der Waals surface area contributed by atoms with Gasteiger partial charge in [0, 0.05) is 10.0 Å². The molecular formula is C16H9BrF3N. The molecule has 0 saturated carbocycles. The van der Waals surface area contributed by atoms with E-state index in [0.29, 0.717) is 5.56 Å². The van der Waals surface area contributed by atoms with Crippen LogP contribution in [0.3, 0.4) is 0 Å². The summed E-state index contributed by atoms with van der Waals surface area (Å²) >= 11 is 3.10. The van der Waals surface area contributed by atoms with Gasteiger partial charge >= 0.3 is 6.18 Å². The van der Waals surface area contributed by atoms with E-state index in [1.165, 1.54) is 0 Å². The molecule has 5 heteroatoms. The maximum absolute atomic E-state index is 12.7. The molecule has 21 heavy (non-hydrogen) atoms. The normalized spacial score (nSPS) is 11.6. The lowest BCUT2D eigenvalue weighted by Crippen LogP contribution is -2.06. The van der Waals surface area contributed by atoms with E-state index in [1.807, 2.05) is 30.3 Å². The lowest BCUT2D eigenvalue weighted by Gasteiger charge is -2.10. The van der Waals surface area contributed by atoms with Crippen molar-refractivity contribution in [1.82, 2.24) is 0 Å². The van der Waals surface area contributed by atoms with Crippen molar-refractivity contribution in [2.45, 2.75) is 6.18 Å². The molecule has 0 aromatic heterocycles. The van der Waals surface area contributed by atoms with Crippen LogP contribution in [0, 0.1) is 11.3 Å². The highest BCUT2D eigenvalue weighted by Gasteiger charge is 2.31. The molecule has 0 amide bonds. The maximum Gasteiger partial charge on any atom is 0.416 e. The summed E-state index contributed by atoms with van der Waals surface area (Å²) in [6.07, 6.45) is -1.11. The van der Waals surface area contributed by atoms with E-state index >= 15 is 0 Å². The van der Waals surface area contributed by atoms with Crippen LogP contribution in [0.15, 0.2) is 46.9 Å². The summed E-state index contributed by atoms with van der Waals surface area (Å²) in [4.78, 5) is 0. The highest BCUT2D eigenvalue weighted by molar-refractivity contribution is 9.10. The van der Waals surface area contributed by atoms with E-state index in [2.05, 4.69) is 15.9 Å². The molecule has 0 unspecified atom stereocenters. The Morgan fingerprint density at radius 1 is 1.05 bits per heavy atom. The first kappa shape index (κ1) is 15.3. The average molecular weight is 352 g/mol. The van der Waals surface area contributed by atoms with Crippen LogP contribution in [0.2, 0.25) is 0 Å². The Morgan fingerprint density at radius 3 is 2.29 bits per heavy atom. The molecule has 0 bridgehead atoms. The molecule has 0 radical (unpaired) electrons. The molecule has 0 N–H and O–H groups in total. The predicted octanol–water partition coefficient (Wildman–Crippen LogP) is 5.51. The van der Waals surface area contributed by atoms with Crippen molar-refractivity contribution in [3.63, 3.8) is 0 Å². The molecule has 0 aliphatic rings. The van der Waals surface area contributed by atoms with Crippen molar-refractivity contribution >= 4 is 28.1 Å². The molecule has 0 heterocycles. The van der Waals surface area contributed by atoms with Crippen molar-refractivity contribution < 1.29 is 13.2 Å². The Morgan fingerprint density at radius 2 is 1.71 bits per heavy atom. The Labute approximate surface area is 128 Å². The average Bonchev–Trinajstić information content (AvgIpc) is 2.45. The van der Waals surface area contributed by atoms with Crippen molar-refractivity contribution in [2.75, 3.05) is 0 Å². The van der Waals surface area contributed by atoms with E-state index in [1.54, 1.807) is 18.2 Å². The molecule has 0 saturated heterocycles. The second-order valence-corrected chi connectivity index (χ2v) is 5.13. The van der Waals surface area contributed by atoms with Crippen molar-refractivity contribution in [2.24, 2.45) is 0 Å². The third kappa shape index (κ3) is 3.73. The zero-order valence-corrected chi connectivity index (χ0v) is 12.2. The quantitative estimate of drug-likeness (QED) is 0.654. The van der Waals surface area contributed by atoms with Crippen LogP contribution < -0.4 is 0 Å². The molecule has 2 rings (SSSR count). The van der Waals surface area contributed by atoms with Gasteiger partial charge in [-0.3, -0.25) is 0 Å². The van der Waals surface area contributed by atoms with E-state index in [0.717, 1.165) is 17.7 Å². The molecule has 2 aromatic rings. The largest absolute Gasteiger partial charge is 0.416 e. The fraction of sp³-hybridized carbons (Fsp3) is 0.0625. The number of hydrogen-bond acceptors (Lipinski definition) is 1. The predicted molar refractivity (Wildman–Crippen MR) is 79.2 cm³/mol. The molecule has 106 valence electrons. The van der Waals surface area contributed by atoms with Gasteiger partial charge in [-0.05, 0) is 17.7 Å². The summed E-state index contributed by atoms with van der Waals surface area (Å²) < 4.78 is 38.4. The zero-order valence-electron chi connectivity index (χ0n) is 10.7. The van der Waals surface area contributed by atoms with Crippen LogP contribution in [0.25, 0.3) is 12.2 Å². The summed E-state index contributed by atoms with van der Waals surface area (Å²) in [6, 6.07) is 12.9. The second-order valence-electron chi connectivity index (χ2n) is 4.27. The molecule has 2 aromatic carbocycles. The third-order valence-electron chi connectivity index (χ3n) is 2.82. The minimum absolute atomic E-state index is 0.0242. The van der Waals surface area contributed by atoms with Crippen LogP contribution in [0.4, 0.5) is 13.2 Å². The number of alkyl halides is 3. The Hall–Kier alpha value is -2.06. The van der Waals surface area contributed by atoms with Gasteiger partial charge < -0.3 is 0 Å². The van der Waals surface area contributed by atoms with Crippen LogP contribution in [0.5, 0.6) is 0 Å². The molecule has 0 aliphatic heterocycles. The van der Waals surface area contributed by atoms with Gasteiger partial charge in [0.1, 0.15) is 0 Å². The lowest BCUT2D eigenvalue weighted by molar-refractivity contribution is -0.137. The third-order valence-corrected chi connectivity index (χ3v) is 3.48. The van der Waals surface area contributed by atoms with Gasteiger partial charge in [0.15, 0.2) is 0 Å². The van der Waals surface area contributed by atoms with Crippen molar-refractivity contribution in [3.8, 4) is 6.07 Å².